The lowest BCUT2D eigenvalue weighted by atomic mass is 9.86. The Morgan fingerprint density at radius 2 is 1.48 bits per heavy atom. The van der Waals surface area contributed by atoms with Crippen molar-refractivity contribution >= 4 is 5.57 Å². The Hall–Kier alpha value is -3.08. The number of hydrogen-bond donors (Lipinski definition) is 0. The molecule has 0 aromatic heterocycles. The summed E-state index contributed by atoms with van der Waals surface area (Å²) in [6, 6.07) is 32.7. The Bertz CT molecular complexity index is 1050. The van der Waals surface area contributed by atoms with E-state index >= 15 is 0 Å². The summed E-state index contributed by atoms with van der Waals surface area (Å²) in [6.07, 6.45) is 2.10. The first-order chi connectivity index (χ1) is 15.3. The molecule has 0 bridgehead atoms. The van der Waals surface area contributed by atoms with E-state index in [4.69, 9.17) is 0 Å². The highest BCUT2D eigenvalue weighted by molar-refractivity contribution is 5.70. The molecule has 3 aromatic rings. The van der Waals surface area contributed by atoms with E-state index in [0.29, 0.717) is 5.92 Å². The van der Waals surface area contributed by atoms with Crippen molar-refractivity contribution in [2.24, 2.45) is 0 Å². The van der Waals surface area contributed by atoms with Crippen LogP contribution in [0.15, 0.2) is 96.6 Å². The van der Waals surface area contributed by atoms with Gasteiger partial charge in [-0.05, 0) is 47.6 Å². The molecule has 0 N–H and O–H groups in total. The molecule has 3 aromatic carbocycles. The molecule has 2 unspecified atom stereocenters. The van der Waals surface area contributed by atoms with E-state index in [-0.39, 0.29) is 6.04 Å². The van der Waals surface area contributed by atoms with Crippen LogP contribution in [0, 0.1) is 11.8 Å². The lowest BCUT2D eigenvalue weighted by Gasteiger charge is -2.37. The SMILES string of the molecule is CCC(C#CCN1CCC(c2ccccc2)=C(C)C1c1ccccc1)c1ccccc1. The fraction of sp³-hybridized carbons (Fsp3) is 0.267. The summed E-state index contributed by atoms with van der Waals surface area (Å²) in [4.78, 5) is 2.54. The highest BCUT2D eigenvalue weighted by Gasteiger charge is 2.28. The molecule has 1 aliphatic heterocycles. The fourth-order valence-corrected chi connectivity index (χ4v) is 4.68. The smallest absolute Gasteiger partial charge is 0.0610 e. The number of benzene rings is 3. The minimum atomic E-state index is 0.274. The van der Waals surface area contributed by atoms with Gasteiger partial charge in [0, 0.05) is 12.5 Å². The molecule has 1 heterocycles. The molecule has 0 radical (unpaired) electrons. The topological polar surface area (TPSA) is 3.24 Å². The van der Waals surface area contributed by atoms with Gasteiger partial charge in [0.05, 0.1) is 12.6 Å². The molecule has 0 saturated carbocycles. The van der Waals surface area contributed by atoms with Crippen LogP contribution in [-0.2, 0) is 0 Å². The van der Waals surface area contributed by atoms with Gasteiger partial charge in [-0.15, -0.1) is 0 Å². The summed E-state index contributed by atoms with van der Waals surface area (Å²) in [5.41, 5.74) is 6.94. The van der Waals surface area contributed by atoms with E-state index < -0.39 is 0 Å². The summed E-state index contributed by atoms with van der Waals surface area (Å²) in [7, 11) is 0. The average molecular weight is 406 g/mol. The predicted octanol–water partition coefficient (Wildman–Crippen LogP) is 7.10. The van der Waals surface area contributed by atoms with Crippen LogP contribution in [0.1, 0.15) is 55.3 Å². The fourth-order valence-electron chi connectivity index (χ4n) is 4.68. The molecule has 0 fully saturated rings. The van der Waals surface area contributed by atoms with Gasteiger partial charge < -0.3 is 0 Å². The van der Waals surface area contributed by atoms with E-state index in [2.05, 4.69) is 122 Å². The van der Waals surface area contributed by atoms with Crippen LogP contribution in [0.25, 0.3) is 5.57 Å². The second kappa shape index (κ2) is 10.3. The molecule has 2 atom stereocenters. The van der Waals surface area contributed by atoms with Gasteiger partial charge >= 0.3 is 0 Å². The van der Waals surface area contributed by atoms with Crippen molar-refractivity contribution in [2.75, 3.05) is 13.1 Å². The van der Waals surface area contributed by atoms with E-state index in [9.17, 15) is 0 Å². The highest BCUT2D eigenvalue weighted by Crippen LogP contribution is 2.39. The van der Waals surface area contributed by atoms with Crippen LogP contribution >= 0.6 is 0 Å². The quantitative estimate of drug-likeness (QED) is 0.409. The van der Waals surface area contributed by atoms with Crippen molar-refractivity contribution in [3.05, 3.63) is 113 Å². The standard InChI is InChI=1S/C30H31N/c1-3-25(26-14-7-4-8-15-26)20-13-22-31-23-21-29(27-16-9-5-10-17-27)24(2)30(31)28-18-11-6-12-19-28/h4-12,14-19,25,30H,3,21-23H2,1-2H3. The maximum absolute atomic E-state index is 3.56. The number of hydrogen-bond acceptors (Lipinski definition) is 1. The van der Waals surface area contributed by atoms with Gasteiger partial charge in [0.25, 0.3) is 0 Å². The molecule has 156 valence electrons. The minimum Gasteiger partial charge on any atom is -0.281 e. The summed E-state index contributed by atoms with van der Waals surface area (Å²) in [5.74, 6) is 7.39. The molecule has 1 nitrogen and oxygen atoms in total. The third-order valence-corrected chi connectivity index (χ3v) is 6.31. The van der Waals surface area contributed by atoms with Crippen molar-refractivity contribution in [1.82, 2.24) is 4.90 Å². The summed E-state index contributed by atoms with van der Waals surface area (Å²) in [6.45, 7) is 6.34. The maximum Gasteiger partial charge on any atom is 0.0610 e. The molecule has 0 aliphatic carbocycles. The highest BCUT2D eigenvalue weighted by atomic mass is 15.2. The van der Waals surface area contributed by atoms with Crippen LogP contribution in [0.5, 0.6) is 0 Å². The Labute approximate surface area is 187 Å². The summed E-state index contributed by atoms with van der Waals surface area (Å²) >= 11 is 0. The molecule has 0 amide bonds. The van der Waals surface area contributed by atoms with Gasteiger partial charge in [-0.1, -0.05) is 110 Å². The van der Waals surface area contributed by atoms with Gasteiger partial charge in [-0.2, -0.15) is 0 Å². The first kappa shape index (κ1) is 21.2. The average Bonchev–Trinajstić information content (AvgIpc) is 2.83. The van der Waals surface area contributed by atoms with E-state index in [1.807, 2.05) is 0 Å². The lowest BCUT2D eigenvalue weighted by molar-refractivity contribution is 0.246. The second-order valence-electron chi connectivity index (χ2n) is 8.25. The first-order valence-electron chi connectivity index (χ1n) is 11.3. The summed E-state index contributed by atoms with van der Waals surface area (Å²) in [5, 5.41) is 0. The van der Waals surface area contributed by atoms with Crippen LogP contribution < -0.4 is 0 Å². The van der Waals surface area contributed by atoms with Crippen LogP contribution in [0.3, 0.4) is 0 Å². The Kier molecular flexibility index (Phi) is 7.03. The van der Waals surface area contributed by atoms with E-state index in [1.165, 1.54) is 27.8 Å². The van der Waals surface area contributed by atoms with Gasteiger partial charge in [0.2, 0.25) is 0 Å². The zero-order valence-electron chi connectivity index (χ0n) is 18.6. The van der Waals surface area contributed by atoms with Crippen molar-refractivity contribution in [1.29, 1.82) is 0 Å². The lowest BCUT2D eigenvalue weighted by Crippen LogP contribution is -2.34. The molecule has 1 heteroatoms. The zero-order chi connectivity index (χ0) is 21.5. The van der Waals surface area contributed by atoms with E-state index in [1.54, 1.807) is 0 Å². The van der Waals surface area contributed by atoms with Gasteiger partial charge in [0.15, 0.2) is 0 Å². The molecule has 4 rings (SSSR count). The van der Waals surface area contributed by atoms with Gasteiger partial charge in [-0.3, -0.25) is 4.90 Å². The molecule has 0 saturated heterocycles. The van der Waals surface area contributed by atoms with Crippen LogP contribution in [-0.4, -0.2) is 18.0 Å². The van der Waals surface area contributed by atoms with Gasteiger partial charge in [-0.25, -0.2) is 0 Å². The Balaban J connectivity index is 1.61. The third-order valence-electron chi connectivity index (χ3n) is 6.31. The zero-order valence-corrected chi connectivity index (χ0v) is 18.6. The molecular weight excluding hydrogens is 374 g/mol. The van der Waals surface area contributed by atoms with E-state index in [0.717, 1.165) is 25.9 Å². The van der Waals surface area contributed by atoms with Crippen LogP contribution in [0.4, 0.5) is 0 Å². The maximum atomic E-state index is 3.56. The van der Waals surface area contributed by atoms with Crippen molar-refractivity contribution < 1.29 is 0 Å². The normalized spacial score (nSPS) is 17.7. The third kappa shape index (κ3) is 4.98. The summed E-state index contributed by atoms with van der Waals surface area (Å²) < 4.78 is 0. The Morgan fingerprint density at radius 1 is 0.871 bits per heavy atom. The first-order valence-corrected chi connectivity index (χ1v) is 11.3. The van der Waals surface area contributed by atoms with Crippen molar-refractivity contribution in [3.63, 3.8) is 0 Å². The van der Waals surface area contributed by atoms with Crippen LogP contribution in [0.2, 0.25) is 0 Å². The van der Waals surface area contributed by atoms with Crippen molar-refractivity contribution in [3.8, 4) is 11.8 Å². The predicted molar refractivity (Wildman–Crippen MR) is 132 cm³/mol. The molecule has 1 aliphatic rings. The second-order valence-corrected chi connectivity index (χ2v) is 8.25. The molecular formula is C30H31N. The molecule has 31 heavy (non-hydrogen) atoms. The molecule has 0 spiro atoms. The number of nitrogens with zero attached hydrogens (tertiary/aromatic N) is 1. The van der Waals surface area contributed by atoms with Crippen molar-refractivity contribution in [2.45, 2.75) is 38.6 Å². The number of rotatable bonds is 5. The largest absolute Gasteiger partial charge is 0.281 e. The monoisotopic (exact) mass is 405 g/mol. The minimum absolute atomic E-state index is 0.274. The van der Waals surface area contributed by atoms with Gasteiger partial charge in [0.1, 0.15) is 0 Å². The Morgan fingerprint density at radius 3 is 2.13 bits per heavy atom.